The molecule has 0 spiro atoms. The second-order valence-electron chi connectivity index (χ2n) is 15.0. The van der Waals surface area contributed by atoms with Crippen LogP contribution in [0, 0.1) is 5.92 Å². The molecule has 0 aromatic rings. The minimum absolute atomic E-state index is 0.0335. The van der Waals surface area contributed by atoms with Crippen molar-refractivity contribution in [3.63, 3.8) is 0 Å². The number of halogens is 1. The van der Waals surface area contributed by atoms with Gasteiger partial charge in [-0.25, -0.2) is 0 Å². The molecule has 49 heavy (non-hydrogen) atoms. The molecule has 0 saturated carbocycles. The van der Waals surface area contributed by atoms with E-state index >= 15 is 0 Å². The summed E-state index contributed by atoms with van der Waals surface area (Å²) in [5.41, 5.74) is 0. The summed E-state index contributed by atoms with van der Waals surface area (Å²) in [6.07, 6.45) is 30.7. The summed E-state index contributed by atoms with van der Waals surface area (Å²) in [5, 5.41) is 9.51. The number of aliphatic hydroxyl groups is 1. The number of alkyl halides is 1. The largest absolute Gasteiger partial charge is 0.466 e. The van der Waals surface area contributed by atoms with Gasteiger partial charge in [0.05, 0.1) is 19.9 Å². The Labute approximate surface area is 303 Å². The average Bonchev–Trinajstić information content (AvgIpc) is 3.07. The maximum atomic E-state index is 12.7. The summed E-state index contributed by atoms with van der Waals surface area (Å²) in [7, 11) is 0. The van der Waals surface area contributed by atoms with Gasteiger partial charge >= 0.3 is 11.9 Å². The van der Waals surface area contributed by atoms with E-state index in [1.54, 1.807) is 0 Å². The normalized spacial score (nSPS) is 12.2. The van der Waals surface area contributed by atoms with Gasteiger partial charge in [0.15, 0.2) is 0 Å². The molecular weight excluding hydrogens is 617 g/mol. The number of unbranched alkanes of at least 4 members (excludes halogenated alkanes) is 19. The van der Waals surface area contributed by atoms with Crippen LogP contribution in [0.25, 0.3) is 0 Å². The zero-order valence-electron chi connectivity index (χ0n) is 32.8. The van der Waals surface area contributed by atoms with Crippen molar-refractivity contribution in [2.75, 3.05) is 39.5 Å². The van der Waals surface area contributed by atoms with Crippen molar-refractivity contribution in [2.45, 2.75) is 213 Å². The highest BCUT2D eigenvalue weighted by Gasteiger charge is 2.14. The van der Waals surface area contributed by atoms with Gasteiger partial charge in [-0.3, -0.25) is 14.0 Å². The average molecular weight is 700 g/mol. The summed E-state index contributed by atoms with van der Waals surface area (Å²) < 4.78 is 23.7. The van der Waals surface area contributed by atoms with Crippen LogP contribution < -0.4 is 0 Å². The van der Waals surface area contributed by atoms with Crippen LogP contribution in [0.1, 0.15) is 207 Å². The van der Waals surface area contributed by atoms with Crippen molar-refractivity contribution in [3.05, 3.63) is 0 Å². The Kier molecular flexibility index (Phi) is 37.1. The van der Waals surface area contributed by atoms with E-state index in [1.165, 1.54) is 51.4 Å². The van der Waals surface area contributed by atoms with Crippen LogP contribution in [0.2, 0.25) is 0 Å². The van der Waals surface area contributed by atoms with Crippen molar-refractivity contribution in [1.82, 2.24) is 4.90 Å². The van der Waals surface area contributed by atoms with Gasteiger partial charge < -0.3 is 19.5 Å². The third-order valence-electron chi connectivity index (χ3n) is 9.65. The van der Waals surface area contributed by atoms with E-state index in [-0.39, 0.29) is 31.3 Å². The molecular formula is C42H82FNO5. The first kappa shape index (κ1) is 47.8. The van der Waals surface area contributed by atoms with E-state index in [2.05, 4.69) is 25.7 Å². The smallest absolute Gasteiger partial charge is 0.306 e. The Bertz CT molecular complexity index is 707. The number of hydrogen-bond donors (Lipinski definition) is 1. The molecule has 0 aliphatic carbocycles. The van der Waals surface area contributed by atoms with Gasteiger partial charge in [0.1, 0.15) is 6.10 Å². The van der Waals surface area contributed by atoms with Crippen LogP contribution in [0.4, 0.5) is 4.39 Å². The number of nitrogens with zero attached hydrogens (tertiary/aromatic N) is 1. The third kappa shape index (κ3) is 36.4. The topological polar surface area (TPSA) is 76.1 Å². The van der Waals surface area contributed by atoms with Crippen molar-refractivity contribution in [1.29, 1.82) is 0 Å². The molecule has 292 valence electrons. The van der Waals surface area contributed by atoms with E-state index < -0.39 is 0 Å². The van der Waals surface area contributed by atoms with Crippen LogP contribution in [-0.4, -0.2) is 67.6 Å². The molecule has 0 aromatic carbocycles. The van der Waals surface area contributed by atoms with Crippen molar-refractivity contribution in [2.24, 2.45) is 5.92 Å². The minimum Gasteiger partial charge on any atom is -0.466 e. The minimum atomic E-state index is -0.207. The second-order valence-corrected chi connectivity index (χ2v) is 15.0. The van der Waals surface area contributed by atoms with Crippen LogP contribution in [0.3, 0.4) is 0 Å². The van der Waals surface area contributed by atoms with Gasteiger partial charge in [-0.05, 0) is 83.2 Å². The number of hydrogen-bond acceptors (Lipinski definition) is 6. The van der Waals surface area contributed by atoms with Gasteiger partial charge in [0.25, 0.3) is 0 Å². The van der Waals surface area contributed by atoms with Crippen LogP contribution >= 0.6 is 0 Å². The molecule has 0 aliphatic heterocycles. The van der Waals surface area contributed by atoms with Crippen molar-refractivity contribution >= 4 is 11.9 Å². The highest BCUT2D eigenvalue weighted by molar-refractivity contribution is 5.69. The maximum Gasteiger partial charge on any atom is 0.306 e. The number of carbonyl (C=O) groups excluding carboxylic acids is 2. The number of rotatable bonds is 39. The molecule has 1 unspecified atom stereocenters. The van der Waals surface area contributed by atoms with Gasteiger partial charge in [0.2, 0.25) is 0 Å². The molecule has 7 heteroatoms. The Hall–Kier alpha value is -1.21. The molecule has 0 saturated heterocycles. The molecule has 0 bridgehead atoms. The highest BCUT2D eigenvalue weighted by atomic mass is 19.1. The lowest BCUT2D eigenvalue weighted by molar-refractivity contribution is -0.150. The standard InChI is InChI=1S/C42H82FNO5/c1-4-5-6-7-11-20-29-40(30-21-12-8-9-15-24-33-43)49-42(47)32-22-13-10-16-25-34-44(36-37-45)35-26-18-23-31-41(46)48-38-27-17-14-19-28-39(2)3/h39-40,45H,4-38H2,1-3H3. The number of carbonyl (C=O) groups is 2. The Morgan fingerprint density at radius 2 is 1.04 bits per heavy atom. The van der Waals surface area contributed by atoms with E-state index in [9.17, 15) is 19.1 Å². The van der Waals surface area contributed by atoms with Gasteiger partial charge in [-0.15, -0.1) is 0 Å². The monoisotopic (exact) mass is 700 g/mol. The molecule has 0 aliphatic rings. The number of ether oxygens (including phenoxy) is 2. The fourth-order valence-electron chi connectivity index (χ4n) is 6.49. The zero-order chi connectivity index (χ0) is 36.0. The second kappa shape index (κ2) is 38.0. The van der Waals surface area contributed by atoms with Gasteiger partial charge in [0, 0.05) is 19.4 Å². The first-order chi connectivity index (χ1) is 23.9. The molecule has 0 aromatic heterocycles. The number of aliphatic hydroxyl groups excluding tert-OH is 1. The van der Waals surface area contributed by atoms with Crippen molar-refractivity contribution < 1.29 is 28.6 Å². The van der Waals surface area contributed by atoms with Gasteiger partial charge in [-0.1, -0.05) is 130 Å². The molecule has 0 radical (unpaired) electrons. The van der Waals surface area contributed by atoms with Crippen LogP contribution in [-0.2, 0) is 19.1 Å². The Morgan fingerprint density at radius 3 is 1.61 bits per heavy atom. The molecule has 0 rings (SSSR count). The molecule has 6 nitrogen and oxygen atoms in total. The molecule has 0 fully saturated rings. The fourth-order valence-corrected chi connectivity index (χ4v) is 6.49. The Morgan fingerprint density at radius 1 is 0.571 bits per heavy atom. The molecule has 0 amide bonds. The molecule has 1 N–H and O–H groups in total. The molecule has 0 heterocycles. The summed E-state index contributed by atoms with van der Waals surface area (Å²) in [6.45, 7) is 9.92. The lowest BCUT2D eigenvalue weighted by Gasteiger charge is -2.21. The lowest BCUT2D eigenvalue weighted by atomic mass is 10.0. The summed E-state index contributed by atoms with van der Waals surface area (Å²) in [5.74, 6) is 0.670. The first-order valence-corrected chi connectivity index (χ1v) is 21.2. The summed E-state index contributed by atoms with van der Waals surface area (Å²) in [4.78, 5) is 27.0. The van der Waals surface area contributed by atoms with E-state index in [4.69, 9.17) is 9.47 Å². The maximum absolute atomic E-state index is 12.7. The summed E-state index contributed by atoms with van der Waals surface area (Å²) >= 11 is 0. The fraction of sp³-hybridized carbons (Fsp3) is 0.952. The SMILES string of the molecule is CCCCCCCCC(CCCCCCCCF)OC(=O)CCCCCCCN(CCO)CCCCCC(=O)OCCCCCCC(C)C. The number of esters is 2. The summed E-state index contributed by atoms with van der Waals surface area (Å²) in [6, 6.07) is 0. The van der Waals surface area contributed by atoms with Crippen LogP contribution in [0.5, 0.6) is 0 Å². The van der Waals surface area contributed by atoms with Gasteiger partial charge in [-0.2, -0.15) is 0 Å². The van der Waals surface area contributed by atoms with Crippen LogP contribution in [0.15, 0.2) is 0 Å². The predicted octanol–water partition coefficient (Wildman–Crippen LogP) is 11.7. The van der Waals surface area contributed by atoms with Crippen molar-refractivity contribution in [3.8, 4) is 0 Å². The van der Waals surface area contributed by atoms with E-state index in [1.807, 2.05) is 0 Å². The lowest BCUT2D eigenvalue weighted by Crippen LogP contribution is -2.29. The van der Waals surface area contributed by atoms with E-state index in [0.717, 1.165) is 135 Å². The molecule has 1 atom stereocenters. The highest BCUT2D eigenvalue weighted by Crippen LogP contribution is 2.18. The Balaban J connectivity index is 4.02. The predicted molar refractivity (Wildman–Crippen MR) is 205 cm³/mol. The third-order valence-corrected chi connectivity index (χ3v) is 9.65. The zero-order valence-corrected chi connectivity index (χ0v) is 32.8. The van der Waals surface area contributed by atoms with E-state index in [0.29, 0.717) is 32.4 Å². The first-order valence-electron chi connectivity index (χ1n) is 21.2. The quantitative estimate of drug-likeness (QED) is 0.0508.